The van der Waals surface area contributed by atoms with E-state index in [0.717, 1.165) is 25.8 Å². The summed E-state index contributed by atoms with van der Waals surface area (Å²) in [4.78, 5) is 14.1. The molecule has 0 radical (unpaired) electrons. The van der Waals surface area contributed by atoms with Crippen LogP contribution in [0.25, 0.3) is 0 Å². The Morgan fingerprint density at radius 3 is 2.57 bits per heavy atom. The first-order valence-electron chi connectivity index (χ1n) is 6.86. The van der Waals surface area contributed by atoms with E-state index in [2.05, 4.69) is 0 Å². The summed E-state index contributed by atoms with van der Waals surface area (Å²) in [6, 6.07) is 4.18. The van der Waals surface area contributed by atoms with Crippen LogP contribution >= 0.6 is 22.3 Å². The Bertz CT molecular complexity index is 642. The molecule has 1 aliphatic rings. The monoisotopic (exact) mass is 349 g/mol. The second-order valence-electron chi connectivity index (χ2n) is 5.28. The molecule has 0 saturated heterocycles. The van der Waals surface area contributed by atoms with Crippen LogP contribution in [0.4, 0.5) is 0 Å². The summed E-state index contributed by atoms with van der Waals surface area (Å²) in [5, 5.41) is 0.0192. The molecule has 0 spiro atoms. The van der Waals surface area contributed by atoms with E-state index >= 15 is 0 Å². The maximum Gasteiger partial charge on any atom is 0.262 e. The molecule has 0 unspecified atom stereocenters. The van der Waals surface area contributed by atoms with Crippen molar-refractivity contribution in [3.8, 4) is 0 Å². The van der Waals surface area contributed by atoms with Crippen LogP contribution in [0.2, 0.25) is 5.02 Å². The van der Waals surface area contributed by atoms with Gasteiger partial charge in [-0.05, 0) is 43.4 Å². The number of amides is 1. The van der Waals surface area contributed by atoms with Crippen molar-refractivity contribution in [3.05, 3.63) is 28.8 Å². The number of benzene rings is 1. The molecular weight excluding hydrogens is 333 g/mol. The number of hydrogen-bond donors (Lipinski definition) is 0. The van der Waals surface area contributed by atoms with Gasteiger partial charge in [-0.1, -0.05) is 18.5 Å². The maximum atomic E-state index is 12.5. The first-order valence-corrected chi connectivity index (χ1v) is 9.55. The number of halogens is 2. The van der Waals surface area contributed by atoms with Gasteiger partial charge in [0.2, 0.25) is 0 Å². The zero-order chi connectivity index (χ0) is 15.6. The summed E-state index contributed by atoms with van der Waals surface area (Å²) >= 11 is 5.83. The van der Waals surface area contributed by atoms with Crippen LogP contribution in [0.3, 0.4) is 0 Å². The molecule has 4 nitrogen and oxygen atoms in total. The second kappa shape index (κ2) is 6.55. The lowest BCUT2D eigenvalue weighted by molar-refractivity contribution is 0.0747. The van der Waals surface area contributed by atoms with E-state index in [-0.39, 0.29) is 15.8 Å². The molecule has 0 N–H and O–H groups in total. The van der Waals surface area contributed by atoms with Crippen LogP contribution in [-0.2, 0) is 9.05 Å². The molecule has 1 aliphatic carbocycles. The molecule has 1 saturated carbocycles. The number of nitrogens with zero attached hydrogens (tertiary/aromatic N) is 1. The van der Waals surface area contributed by atoms with E-state index in [9.17, 15) is 13.2 Å². The smallest absolute Gasteiger partial charge is 0.262 e. The average Bonchev–Trinajstić information content (AvgIpc) is 3.20. The predicted octanol–water partition coefficient (Wildman–Crippen LogP) is 3.53. The summed E-state index contributed by atoms with van der Waals surface area (Å²) in [5.74, 6) is 0.394. The van der Waals surface area contributed by atoms with Crippen molar-refractivity contribution in [1.29, 1.82) is 0 Å². The standard InChI is InChI=1S/C14H17Cl2NO3S/c1-2-7-17(9-10-3-4-10)14(18)11-5-6-12(15)13(8-11)21(16,19)20/h5-6,8,10H,2-4,7,9H2,1H3. The highest BCUT2D eigenvalue weighted by Gasteiger charge is 2.27. The van der Waals surface area contributed by atoms with Crippen molar-refractivity contribution in [2.24, 2.45) is 5.92 Å². The van der Waals surface area contributed by atoms with Crippen LogP contribution in [-0.4, -0.2) is 32.3 Å². The minimum Gasteiger partial charge on any atom is -0.338 e. The van der Waals surface area contributed by atoms with E-state index in [0.29, 0.717) is 18.0 Å². The van der Waals surface area contributed by atoms with Crippen molar-refractivity contribution in [3.63, 3.8) is 0 Å². The van der Waals surface area contributed by atoms with Crippen molar-refractivity contribution in [2.75, 3.05) is 13.1 Å². The highest BCUT2D eigenvalue weighted by Crippen LogP contribution is 2.31. The summed E-state index contributed by atoms with van der Waals surface area (Å²) in [7, 11) is 1.37. The van der Waals surface area contributed by atoms with Gasteiger partial charge in [0, 0.05) is 29.3 Å². The van der Waals surface area contributed by atoms with Gasteiger partial charge < -0.3 is 4.90 Å². The molecule has 1 amide bonds. The zero-order valence-electron chi connectivity index (χ0n) is 11.7. The van der Waals surface area contributed by atoms with Gasteiger partial charge >= 0.3 is 0 Å². The number of rotatable bonds is 6. The SMILES string of the molecule is CCCN(CC1CC1)C(=O)c1ccc(Cl)c(S(=O)(=O)Cl)c1. The fourth-order valence-corrected chi connectivity index (χ4v) is 3.66. The Balaban J connectivity index is 2.28. The lowest BCUT2D eigenvalue weighted by Crippen LogP contribution is -2.33. The number of hydrogen-bond acceptors (Lipinski definition) is 3. The fraction of sp³-hybridized carbons (Fsp3) is 0.500. The summed E-state index contributed by atoms with van der Waals surface area (Å²) in [6.45, 7) is 3.38. The van der Waals surface area contributed by atoms with E-state index < -0.39 is 9.05 Å². The molecule has 116 valence electrons. The molecule has 7 heteroatoms. The van der Waals surface area contributed by atoms with E-state index in [1.54, 1.807) is 4.90 Å². The third-order valence-corrected chi connectivity index (χ3v) is 5.20. The van der Waals surface area contributed by atoms with E-state index in [4.69, 9.17) is 22.3 Å². The van der Waals surface area contributed by atoms with Gasteiger partial charge in [-0.3, -0.25) is 4.79 Å². The highest BCUT2D eigenvalue weighted by molar-refractivity contribution is 8.13. The van der Waals surface area contributed by atoms with Crippen LogP contribution in [0.5, 0.6) is 0 Å². The average molecular weight is 350 g/mol. The minimum atomic E-state index is -3.97. The van der Waals surface area contributed by atoms with Gasteiger partial charge in [0.05, 0.1) is 5.02 Å². The van der Waals surface area contributed by atoms with Gasteiger partial charge in [0.15, 0.2) is 0 Å². The van der Waals surface area contributed by atoms with E-state index in [1.165, 1.54) is 18.2 Å². The quantitative estimate of drug-likeness (QED) is 0.738. The maximum absolute atomic E-state index is 12.5. The lowest BCUT2D eigenvalue weighted by atomic mass is 10.2. The molecule has 0 aliphatic heterocycles. The van der Waals surface area contributed by atoms with Crippen molar-refractivity contribution >= 4 is 37.2 Å². The van der Waals surface area contributed by atoms with Crippen molar-refractivity contribution in [1.82, 2.24) is 4.90 Å². The Labute approximate surface area is 134 Å². The predicted molar refractivity (Wildman–Crippen MR) is 83.4 cm³/mol. The van der Waals surface area contributed by atoms with Gasteiger partial charge in [-0.25, -0.2) is 8.42 Å². The summed E-state index contributed by atoms with van der Waals surface area (Å²) in [6.07, 6.45) is 3.15. The van der Waals surface area contributed by atoms with Crippen molar-refractivity contribution in [2.45, 2.75) is 31.1 Å². The highest BCUT2D eigenvalue weighted by atomic mass is 35.7. The lowest BCUT2D eigenvalue weighted by Gasteiger charge is -2.22. The molecule has 0 aromatic heterocycles. The normalized spacial score (nSPS) is 15.0. The molecule has 0 heterocycles. The van der Waals surface area contributed by atoms with Crippen LogP contribution in [0, 0.1) is 5.92 Å². The zero-order valence-corrected chi connectivity index (χ0v) is 14.0. The van der Waals surface area contributed by atoms with Gasteiger partial charge in [-0.15, -0.1) is 0 Å². The number of carbonyl (C=O) groups is 1. The number of carbonyl (C=O) groups excluding carboxylic acids is 1. The molecule has 0 bridgehead atoms. The van der Waals surface area contributed by atoms with Crippen LogP contribution < -0.4 is 0 Å². The first-order chi connectivity index (χ1) is 9.82. The summed E-state index contributed by atoms with van der Waals surface area (Å²) in [5.41, 5.74) is 0.299. The minimum absolute atomic E-state index is 0.0192. The third kappa shape index (κ3) is 4.34. The van der Waals surface area contributed by atoms with Gasteiger partial charge in [-0.2, -0.15) is 0 Å². The fourth-order valence-electron chi connectivity index (χ4n) is 2.16. The Hall–Kier alpha value is -0.780. The van der Waals surface area contributed by atoms with Crippen molar-refractivity contribution < 1.29 is 13.2 Å². The third-order valence-electron chi connectivity index (χ3n) is 3.40. The van der Waals surface area contributed by atoms with Gasteiger partial charge in [0.1, 0.15) is 4.90 Å². The first kappa shape index (κ1) is 16.6. The molecule has 1 fully saturated rings. The van der Waals surface area contributed by atoms with Crippen LogP contribution in [0.1, 0.15) is 36.5 Å². The molecule has 2 rings (SSSR count). The van der Waals surface area contributed by atoms with Gasteiger partial charge in [0.25, 0.3) is 15.0 Å². The Morgan fingerprint density at radius 1 is 1.38 bits per heavy atom. The largest absolute Gasteiger partial charge is 0.338 e. The van der Waals surface area contributed by atoms with E-state index in [1.807, 2.05) is 6.92 Å². The molecule has 1 aromatic carbocycles. The molecule has 21 heavy (non-hydrogen) atoms. The molecular formula is C14H17Cl2NO3S. The van der Waals surface area contributed by atoms with Crippen LogP contribution in [0.15, 0.2) is 23.1 Å². The topological polar surface area (TPSA) is 54.5 Å². The Morgan fingerprint density at radius 2 is 2.05 bits per heavy atom. The molecule has 0 atom stereocenters. The second-order valence-corrected chi connectivity index (χ2v) is 8.22. The summed E-state index contributed by atoms with van der Waals surface area (Å²) < 4.78 is 22.9. The Kier molecular flexibility index (Phi) is 5.17. The molecule has 1 aromatic rings.